The number of hydrogen-bond acceptors (Lipinski definition) is 5. The number of carboxylic acid groups (broad SMARTS) is 1. The smallest absolute Gasteiger partial charge is 0.405 e. The maximum absolute atomic E-state index is 12.4. The van der Waals surface area contributed by atoms with Crippen LogP contribution >= 0.6 is 0 Å². The summed E-state index contributed by atoms with van der Waals surface area (Å²) in [5.74, 6) is 0.239. The second-order valence-corrected chi connectivity index (χ2v) is 6.33. The van der Waals surface area contributed by atoms with Gasteiger partial charge in [-0.3, -0.25) is 4.57 Å². The van der Waals surface area contributed by atoms with Gasteiger partial charge in [-0.05, 0) is 32.1 Å². The van der Waals surface area contributed by atoms with Gasteiger partial charge in [-0.15, -0.1) is 0 Å². The highest BCUT2D eigenvalue weighted by Crippen LogP contribution is 2.55. The van der Waals surface area contributed by atoms with Gasteiger partial charge in [0.15, 0.2) is 11.5 Å². The second-order valence-electron chi connectivity index (χ2n) is 6.33. The molecule has 2 aliphatic carbocycles. The Bertz CT molecular complexity index is 830. The first-order valence-electron chi connectivity index (χ1n) is 7.18. The van der Waals surface area contributed by atoms with Gasteiger partial charge < -0.3 is 21.1 Å². The van der Waals surface area contributed by atoms with Crippen LogP contribution in [0.15, 0.2) is 11.1 Å². The third-order valence-electron chi connectivity index (χ3n) is 5.16. The summed E-state index contributed by atoms with van der Waals surface area (Å²) in [7, 11) is 0. The summed E-state index contributed by atoms with van der Waals surface area (Å²) < 4.78 is 1.65. The SMILES string of the molecule is Nc1ncnc2c1[nH]c(=O)n2C12CCC(NC(=O)O)(CC1)C2. The topological polar surface area (TPSA) is 139 Å². The fourth-order valence-electron chi connectivity index (χ4n) is 4.25. The van der Waals surface area contributed by atoms with E-state index < -0.39 is 17.2 Å². The lowest BCUT2D eigenvalue weighted by Gasteiger charge is -2.28. The molecule has 0 aromatic carbocycles. The first-order valence-corrected chi connectivity index (χ1v) is 7.18. The molecule has 0 radical (unpaired) electrons. The van der Waals surface area contributed by atoms with Gasteiger partial charge in [0.25, 0.3) is 0 Å². The third kappa shape index (κ3) is 1.59. The lowest BCUT2D eigenvalue weighted by Crippen LogP contribution is -2.44. The fourth-order valence-corrected chi connectivity index (χ4v) is 4.25. The van der Waals surface area contributed by atoms with Crippen LogP contribution in [0.4, 0.5) is 10.6 Å². The van der Waals surface area contributed by atoms with Gasteiger partial charge in [-0.2, -0.15) is 0 Å². The van der Waals surface area contributed by atoms with Gasteiger partial charge in [0, 0.05) is 5.54 Å². The zero-order chi connectivity index (χ0) is 15.5. The van der Waals surface area contributed by atoms with Crippen LogP contribution in [0.2, 0.25) is 0 Å². The Kier molecular flexibility index (Phi) is 2.38. The number of imidazole rings is 1. The molecule has 5 N–H and O–H groups in total. The molecule has 0 unspecified atom stereocenters. The number of hydrogen-bond donors (Lipinski definition) is 4. The highest BCUT2D eigenvalue weighted by atomic mass is 16.4. The van der Waals surface area contributed by atoms with Crippen LogP contribution < -0.4 is 16.7 Å². The highest BCUT2D eigenvalue weighted by Gasteiger charge is 2.57. The van der Waals surface area contributed by atoms with Gasteiger partial charge in [0.05, 0.1) is 5.54 Å². The van der Waals surface area contributed by atoms with Gasteiger partial charge >= 0.3 is 11.8 Å². The fraction of sp³-hybridized carbons (Fsp3) is 0.538. The Morgan fingerprint density at radius 1 is 1.36 bits per heavy atom. The quantitative estimate of drug-likeness (QED) is 0.632. The normalized spacial score (nSPS) is 30.0. The molecule has 2 aromatic heterocycles. The van der Waals surface area contributed by atoms with Crippen molar-refractivity contribution in [2.24, 2.45) is 0 Å². The maximum atomic E-state index is 12.4. The molecule has 0 atom stereocenters. The summed E-state index contributed by atoms with van der Waals surface area (Å²) in [6.07, 6.45) is 3.84. The van der Waals surface area contributed by atoms with E-state index in [1.54, 1.807) is 4.57 Å². The summed E-state index contributed by atoms with van der Waals surface area (Å²) >= 11 is 0. The lowest BCUT2D eigenvalue weighted by atomic mass is 9.91. The number of amides is 1. The molecule has 2 aliphatic rings. The van der Waals surface area contributed by atoms with Crippen molar-refractivity contribution >= 4 is 23.1 Å². The summed E-state index contributed by atoms with van der Waals surface area (Å²) in [5, 5.41) is 11.7. The molecule has 2 heterocycles. The van der Waals surface area contributed by atoms with Gasteiger partial charge in [-0.25, -0.2) is 19.6 Å². The standard InChI is InChI=1S/C13H16N6O3/c14-8-7-9(16-6-15-8)19(10(20)17-7)13-3-1-12(5-13,2-4-13)18-11(21)22/h6,18H,1-5H2,(H,17,20)(H,21,22)(H2,14,15,16). The van der Waals surface area contributed by atoms with Crippen molar-refractivity contribution in [3.8, 4) is 0 Å². The average molecular weight is 304 g/mol. The van der Waals surface area contributed by atoms with Crippen LogP contribution in [0, 0.1) is 0 Å². The van der Waals surface area contributed by atoms with Crippen molar-refractivity contribution in [3.63, 3.8) is 0 Å². The number of anilines is 1. The van der Waals surface area contributed by atoms with Gasteiger partial charge in [-0.1, -0.05) is 0 Å². The molecule has 9 heteroatoms. The first kappa shape index (κ1) is 13.1. The number of aromatic amines is 1. The molecular weight excluding hydrogens is 288 g/mol. The Balaban J connectivity index is 1.84. The van der Waals surface area contributed by atoms with E-state index in [0.717, 1.165) is 25.7 Å². The molecular formula is C13H16N6O3. The largest absolute Gasteiger partial charge is 0.465 e. The van der Waals surface area contributed by atoms with Crippen molar-refractivity contribution in [3.05, 3.63) is 16.8 Å². The van der Waals surface area contributed by atoms with Crippen molar-refractivity contribution in [2.45, 2.75) is 43.2 Å². The Morgan fingerprint density at radius 3 is 2.77 bits per heavy atom. The zero-order valence-electron chi connectivity index (χ0n) is 11.8. The molecule has 4 rings (SSSR count). The highest BCUT2D eigenvalue weighted by molar-refractivity contribution is 5.81. The molecule has 2 saturated carbocycles. The van der Waals surface area contributed by atoms with E-state index in [9.17, 15) is 9.59 Å². The van der Waals surface area contributed by atoms with E-state index in [1.165, 1.54) is 6.33 Å². The van der Waals surface area contributed by atoms with Crippen molar-refractivity contribution in [2.75, 3.05) is 5.73 Å². The minimum Gasteiger partial charge on any atom is -0.465 e. The lowest BCUT2D eigenvalue weighted by molar-refractivity contribution is 0.177. The number of H-pyrrole nitrogens is 1. The molecule has 0 spiro atoms. The third-order valence-corrected chi connectivity index (χ3v) is 5.16. The van der Waals surface area contributed by atoms with Gasteiger partial charge in [0.2, 0.25) is 0 Å². The van der Waals surface area contributed by atoms with Crippen molar-refractivity contribution < 1.29 is 9.90 Å². The van der Waals surface area contributed by atoms with E-state index in [-0.39, 0.29) is 11.5 Å². The van der Waals surface area contributed by atoms with Crippen LogP contribution in [0.25, 0.3) is 11.2 Å². The molecule has 2 aromatic rings. The van der Waals surface area contributed by atoms with Crippen LogP contribution in [0.3, 0.4) is 0 Å². The monoisotopic (exact) mass is 304 g/mol. The van der Waals surface area contributed by atoms with Crippen LogP contribution in [-0.2, 0) is 5.54 Å². The summed E-state index contributed by atoms with van der Waals surface area (Å²) in [6.45, 7) is 0. The number of nitrogens with one attached hydrogen (secondary N) is 2. The van der Waals surface area contributed by atoms with Crippen molar-refractivity contribution in [1.29, 1.82) is 0 Å². The second kappa shape index (κ2) is 3.99. The molecule has 0 saturated heterocycles. The Hall–Kier alpha value is -2.58. The predicted molar refractivity (Wildman–Crippen MR) is 77.5 cm³/mol. The molecule has 1 amide bonds. The molecule has 9 nitrogen and oxygen atoms in total. The van der Waals surface area contributed by atoms with Crippen molar-refractivity contribution in [1.82, 2.24) is 24.8 Å². The number of fused-ring (bicyclic) bond motifs is 3. The first-order chi connectivity index (χ1) is 10.4. The van der Waals surface area contributed by atoms with E-state index in [0.29, 0.717) is 17.6 Å². The van der Waals surface area contributed by atoms with E-state index in [2.05, 4.69) is 20.3 Å². The minimum atomic E-state index is -1.02. The molecule has 2 fully saturated rings. The van der Waals surface area contributed by atoms with Crippen LogP contribution in [0.5, 0.6) is 0 Å². The zero-order valence-corrected chi connectivity index (χ0v) is 11.8. The van der Waals surface area contributed by atoms with Gasteiger partial charge in [0.1, 0.15) is 11.8 Å². The average Bonchev–Trinajstić information content (AvgIpc) is 3.07. The number of rotatable bonds is 2. The maximum Gasteiger partial charge on any atom is 0.405 e. The van der Waals surface area contributed by atoms with E-state index in [1.807, 2.05) is 0 Å². The molecule has 22 heavy (non-hydrogen) atoms. The number of nitrogens with zero attached hydrogens (tertiary/aromatic N) is 3. The molecule has 2 bridgehead atoms. The molecule has 0 aliphatic heterocycles. The minimum absolute atomic E-state index is 0.239. The number of nitrogen functional groups attached to an aromatic ring is 1. The van der Waals surface area contributed by atoms with E-state index in [4.69, 9.17) is 10.8 Å². The Morgan fingerprint density at radius 2 is 2.09 bits per heavy atom. The van der Waals surface area contributed by atoms with E-state index >= 15 is 0 Å². The number of nitrogens with two attached hydrogens (primary N) is 1. The summed E-state index contributed by atoms with van der Waals surface area (Å²) in [5.41, 5.74) is 5.62. The van der Waals surface area contributed by atoms with Crippen LogP contribution in [0.1, 0.15) is 32.1 Å². The van der Waals surface area contributed by atoms with Crippen LogP contribution in [-0.4, -0.2) is 36.3 Å². The number of aromatic nitrogens is 4. The predicted octanol–water partition coefficient (Wildman–Crippen LogP) is 0.381. The molecule has 116 valence electrons. The Labute approximate surface area is 124 Å². The summed E-state index contributed by atoms with van der Waals surface area (Å²) in [4.78, 5) is 34.3. The number of carbonyl (C=O) groups is 1. The summed E-state index contributed by atoms with van der Waals surface area (Å²) in [6, 6.07) is 0.